The van der Waals surface area contributed by atoms with Crippen LogP contribution < -0.4 is 5.32 Å². The van der Waals surface area contributed by atoms with Crippen molar-refractivity contribution in [2.45, 2.75) is 19.4 Å². The molecule has 0 radical (unpaired) electrons. The van der Waals surface area contributed by atoms with Crippen LogP contribution in [0.3, 0.4) is 0 Å². The van der Waals surface area contributed by atoms with Gasteiger partial charge in [-0.2, -0.15) is 5.10 Å². The van der Waals surface area contributed by atoms with Gasteiger partial charge in [0.25, 0.3) is 0 Å². The first-order chi connectivity index (χ1) is 9.60. The zero-order valence-electron chi connectivity index (χ0n) is 11.9. The van der Waals surface area contributed by atoms with Crippen LogP contribution in [0.5, 0.6) is 0 Å². The molecule has 2 rings (SSSR count). The van der Waals surface area contributed by atoms with Gasteiger partial charge >= 0.3 is 5.97 Å². The van der Waals surface area contributed by atoms with Crippen molar-refractivity contribution in [1.82, 2.24) is 15.1 Å². The Morgan fingerprint density at radius 2 is 2.30 bits per heavy atom. The number of rotatable bonds is 6. The Morgan fingerprint density at radius 1 is 1.50 bits per heavy atom. The van der Waals surface area contributed by atoms with E-state index >= 15 is 0 Å². The molecule has 6 nitrogen and oxygen atoms in total. The quantitative estimate of drug-likeness (QED) is 0.814. The number of nitrogens with one attached hydrogen (secondary N) is 1. The molecule has 1 atom stereocenters. The summed E-state index contributed by atoms with van der Waals surface area (Å²) >= 11 is 0. The third-order valence-electron chi connectivity index (χ3n) is 3.04. The largest absolute Gasteiger partial charge is 0.463 e. The molecule has 1 N–H and O–H groups in total. The maximum absolute atomic E-state index is 11.3. The second kappa shape index (κ2) is 6.38. The van der Waals surface area contributed by atoms with E-state index < -0.39 is 5.97 Å². The minimum atomic E-state index is -0.461. The van der Waals surface area contributed by atoms with Gasteiger partial charge in [-0.3, -0.25) is 4.68 Å². The summed E-state index contributed by atoms with van der Waals surface area (Å²) in [6, 6.07) is 5.43. The highest BCUT2D eigenvalue weighted by Crippen LogP contribution is 2.16. The standard InChI is InChI=1S/C14H19N3O3/c1-10(12-4-5-13(20-12)14(18)19-3)15-8-6-11-7-9-17(2)16-11/h4-5,7,9-10,15H,6,8H2,1-3H3. The molecule has 0 aliphatic rings. The number of hydrogen-bond acceptors (Lipinski definition) is 5. The van der Waals surface area contributed by atoms with Crippen molar-refractivity contribution < 1.29 is 13.9 Å². The lowest BCUT2D eigenvalue weighted by Gasteiger charge is -2.10. The van der Waals surface area contributed by atoms with Crippen molar-refractivity contribution in [1.29, 1.82) is 0 Å². The van der Waals surface area contributed by atoms with Crippen LogP contribution in [0.2, 0.25) is 0 Å². The molecule has 2 aromatic rings. The van der Waals surface area contributed by atoms with Gasteiger partial charge in [0, 0.05) is 26.2 Å². The topological polar surface area (TPSA) is 69.3 Å². The summed E-state index contributed by atoms with van der Waals surface area (Å²) < 4.78 is 11.8. The van der Waals surface area contributed by atoms with Gasteiger partial charge in [-0.25, -0.2) is 4.79 Å². The fourth-order valence-corrected chi connectivity index (χ4v) is 1.91. The zero-order valence-corrected chi connectivity index (χ0v) is 11.9. The average molecular weight is 277 g/mol. The molecule has 0 amide bonds. The Balaban J connectivity index is 1.83. The molecular weight excluding hydrogens is 258 g/mol. The van der Waals surface area contributed by atoms with E-state index in [1.54, 1.807) is 16.8 Å². The Bertz CT molecular complexity index is 574. The number of carbonyl (C=O) groups excluding carboxylic acids is 1. The normalized spacial score (nSPS) is 12.3. The van der Waals surface area contributed by atoms with Crippen molar-refractivity contribution in [2.24, 2.45) is 7.05 Å². The van der Waals surface area contributed by atoms with Crippen LogP contribution in [0.4, 0.5) is 0 Å². The maximum atomic E-state index is 11.3. The Kier molecular flexibility index (Phi) is 4.57. The van der Waals surface area contributed by atoms with Crippen molar-refractivity contribution in [3.63, 3.8) is 0 Å². The number of furan rings is 1. The molecule has 2 heterocycles. The number of esters is 1. The second-order valence-electron chi connectivity index (χ2n) is 4.60. The van der Waals surface area contributed by atoms with Crippen molar-refractivity contribution >= 4 is 5.97 Å². The first-order valence-electron chi connectivity index (χ1n) is 6.50. The molecule has 0 aromatic carbocycles. The highest BCUT2D eigenvalue weighted by atomic mass is 16.5. The van der Waals surface area contributed by atoms with E-state index in [1.165, 1.54) is 7.11 Å². The number of hydrogen-bond donors (Lipinski definition) is 1. The van der Waals surface area contributed by atoms with Gasteiger partial charge in [0.1, 0.15) is 5.76 Å². The lowest BCUT2D eigenvalue weighted by molar-refractivity contribution is 0.0562. The third-order valence-corrected chi connectivity index (χ3v) is 3.04. The van der Waals surface area contributed by atoms with Crippen LogP contribution in [0.25, 0.3) is 0 Å². The summed E-state index contributed by atoms with van der Waals surface area (Å²) in [5.74, 6) is 0.476. The number of aromatic nitrogens is 2. The second-order valence-corrected chi connectivity index (χ2v) is 4.60. The molecule has 0 saturated heterocycles. The van der Waals surface area contributed by atoms with E-state index in [-0.39, 0.29) is 11.8 Å². The van der Waals surface area contributed by atoms with Gasteiger partial charge in [0.2, 0.25) is 5.76 Å². The van der Waals surface area contributed by atoms with Gasteiger partial charge in [-0.15, -0.1) is 0 Å². The van der Waals surface area contributed by atoms with Crippen LogP contribution in [0, 0.1) is 0 Å². The zero-order chi connectivity index (χ0) is 14.5. The van der Waals surface area contributed by atoms with Crippen molar-refractivity contribution in [3.8, 4) is 0 Å². The van der Waals surface area contributed by atoms with Crippen LogP contribution in [0.15, 0.2) is 28.8 Å². The fraction of sp³-hybridized carbons (Fsp3) is 0.429. The SMILES string of the molecule is COC(=O)c1ccc(C(C)NCCc2ccn(C)n2)o1. The lowest BCUT2D eigenvalue weighted by atomic mass is 10.2. The van der Waals surface area contributed by atoms with Crippen LogP contribution >= 0.6 is 0 Å². The number of methoxy groups -OCH3 is 1. The van der Waals surface area contributed by atoms with E-state index in [1.807, 2.05) is 26.2 Å². The summed E-state index contributed by atoms with van der Waals surface area (Å²) in [6.07, 6.45) is 2.77. The molecule has 2 aromatic heterocycles. The molecule has 6 heteroatoms. The molecule has 1 unspecified atom stereocenters. The highest BCUT2D eigenvalue weighted by Gasteiger charge is 2.14. The summed E-state index contributed by atoms with van der Waals surface area (Å²) in [5.41, 5.74) is 1.04. The molecule has 108 valence electrons. The third kappa shape index (κ3) is 3.48. The van der Waals surface area contributed by atoms with Gasteiger partial charge < -0.3 is 14.5 Å². The van der Waals surface area contributed by atoms with Crippen LogP contribution in [-0.4, -0.2) is 29.4 Å². The summed E-state index contributed by atoms with van der Waals surface area (Å²) in [4.78, 5) is 11.3. The predicted octanol–water partition coefficient (Wildman–Crippen LogP) is 1.69. The van der Waals surface area contributed by atoms with E-state index in [2.05, 4.69) is 15.2 Å². The monoisotopic (exact) mass is 277 g/mol. The number of carbonyl (C=O) groups is 1. The van der Waals surface area contributed by atoms with Crippen LogP contribution in [-0.2, 0) is 18.2 Å². The number of aryl methyl sites for hydroxylation is 1. The molecule has 0 bridgehead atoms. The van der Waals surface area contributed by atoms with Gasteiger partial charge in [-0.05, 0) is 25.1 Å². The lowest BCUT2D eigenvalue weighted by Crippen LogP contribution is -2.21. The Labute approximate surface area is 117 Å². The van der Waals surface area contributed by atoms with Crippen molar-refractivity contribution in [3.05, 3.63) is 41.6 Å². The number of ether oxygens (including phenoxy) is 1. The average Bonchev–Trinajstić information content (AvgIpc) is 3.07. The van der Waals surface area contributed by atoms with E-state index in [4.69, 9.17) is 4.42 Å². The van der Waals surface area contributed by atoms with E-state index in [9.17, 15) is 4.79 Å². The van der Waals surface area contributed by atoms with E-state index in [0.29, 0.717) is 5.76 Å². The molecular formula is C14H19N3O3. The minimum absolute atomic E-state index is 0.0251. The van der Waals surface area contributed by atoms with E-state index in [0.717, 1.165) is 18.7 Å². The summed E-state index contributed by atoms with van der Waals surface area (Å²) in [7, 11) is 3.23. The minimum Gasteiger partial charge on any atom is -0.463 e. The van der Waals surface area contributed by atoms with Gasteiger partial charge in [0.05, 0.1) is 18.8 Å². The van der Waals surface area contributed by atoms with Gasteiger partial charge in [-0.1, -0.05) is 0 Å². The Hall–Kier alpha value is -2.08. The highest BCUT2D eigenvalue weighted by molar-refractivity contribution is 5.86. The molecule has 0 spiro atoms. The molecule has 0 fully saturated rings. The fourth-order valence-electron chi connectivity index (χ4n) is 1.91. The van der Waals surface area contributed by atoms with Crippen LogP contribution in [0.1, 0.15) is 35.0 Å². The van der Waals surface area contributed by atoms with Gasteiger partial charge in [0.15, 0.2) is 0 Å². The first-order valence-corrected chi connectivity index (χ1v) is 6.50. The first kappa shape index (κ1) is 14.3. The molecule has 0 aliphatic carbocycles. The molecule has 0 saturated carbocycles. The Morgan fingerprint density at radius 3 is 2.95 bits per heavy atom. The maximum Gasteiger partial charge on any atom is 0.373 e. The summed E-state index contributed by atoms with van der Waals surface area (Å²) in [5, 5.41) is 7.64. The molecule has 20 heavy (non-hydrogen) atoms. The smallest absolute Gasteiger partial charge is 0.373 e. The predicted molar refractivity (Wildman–Crippen MR) is 73.4 cm³/mol. The molecule has 0 aliphatic heterocycles. The number of nitrogens with zero attached hydrogens (tertiary/aromatic N) is 2. The van der Waals surface area contributed by atoms with Crippen molar-refractivity contribution in [2.75, 3.05) is 13.7 Å². The summed E-state index contributed by atoms with van der Waals surface area (Å²) in [6.45, 7) is 2.77.